The van der Waals surface area contributed by atoms with E-state index < -0.39 is 0 Å². The number of aromatic amines is 1. The minimum atomic E-state index is 0.0205. The molecular formula is C19H22ClN3O2. The van der Waals surface area contributed by atoms with Crippen molar-refractivity contribution in [3.8, 4) is 0 Å². The van der Waals surface area contributed by atoms with E-state index in [0.29, 0.717) is 29.5 Å². The number of nitrogens with one attached hydrogen (secondary N) is 2. The molecule has 132 valence electrons. The first-order valence-corrected chi connectivity index (χ1v) is 9.33. The molecule has 5 nitrogen and oxygen atoms in total. The third kappa shape index (κ3) is 3.44. The van der Waals surface area contributed by atoms with Crippen molar-refractivity contribution in [2.24, 2.45) is 0 Å². The normalized spacial score (nSPS) is 18.4. The van der Waals surface area contributed by atoms with E-state index in [-0.39, 0.29) is 11.3 Å². The summed E-state index contributed by atoms with van der Waals surface area (Å²) in [4.78, 5) is 30.5. The molecule has 4 rings (SSSR count). The summed E-state index contributed by atoms with van der Waals surface area (Å²) in [5.74, 6) is 0.0654. The van der Waals surface area contributed by atoms with E-state index in [0.717, 1.165) is 42.6 Å². The molecular weight excluding hydrogens is 338 g/mol. The number of halogens is 1. The number of pyridine rings is 1. The zero-order chi connectivity index (χ0) is 17.4. The van der Waals surface area contributed by atoms with Crippen LogP contribution in [0.4, 0.5) is 0 Å². The Balaban J connectivity index is 1.52. The number of H-pyrrole nitrogens is 1. The summed E-state index contributed by atoms with van der Waals surface area (Å²) in [5.41, 5.74) is 2.58. The summed E-state index contributed by atoms with van der Waals surface area (Å²) < 4.78 is 0. The van der Waals surface area contributed by atoms with Gasteiger partial charge >= 0.3 is 0 Å². The Bertz CT molecular complexity index is 871. The number of hydrogen-bond donors (Lipinski definition) is 2. The standard InChI is InChI=1S/C19H22ClN3O2/c20-12-5-6-16-14(9-12)19(25)15-10-23(8-7-17(15)22-16)11-18(24)21-13-3-1-2-4-13/h5-6,9,13H,1-4,7-8,10-11H2,(H,21,24)(H,22,25). The molecule has 1 aliphatic carbocycles. The lowest BCUT2D eigenvalue weighted by Crippen LogP contribution is -2.44. The highest BCUT2D eigenvalue weighted by molar-refractivity contribution is 6.31. The number of aromatic nitrogens is 1. The Morgan fingerprint density at radius 2 is 2.12 bits per heavy atom. The summed E-state index contributed by atoms with van der Waals surface area (Å²) in [5, 5.41) is 4.29. The van der Waals surface area contributed by atoms with Gasteiger partial charge < -0.3 is 10.3 Å². The van der Waals surface area contributed by atoms with Gasteiger partial charge in [-0.2, -0.15) is 0 Å². The number of rotatable bonds is 3. The van der Waals surface area contributed by atoms with Crippen LogP contribution in [0.25, 0.3) is 10.9 Å². The van der Waals surface area contributed by atoms with Crippen molar-refractivity contribution in [1.29, 1.82) is 0 Å². The second-order valence-electron chi connectivity index (χ2n) is 7.11. The van der Waals surface area contributed by atoms with Crippen molar-refractivity contribution in [3.05, 3.63) is 44.7 Å². The molecule has 1 saturated carbocycles. The molecule has 2 N–H and O–H groups in total. The first-order chi connectivity index (χ1) is 12.1. The minimum Gasteiger partial charge on any atom is -0.358 e. The zero-order valence-corrected chi connectivity index (χ0v) is 14.9. The van der Waals surface area contributed by atoms with E-state index in [1.807, 2.05) is 6.07 Å². The largest absolute Gasteiger partial charge is 0.358 e. The molecule has 0 atom stereocenters. The predicted molar refractivity (Wildman–Crippen MR) is 99.0 cm³/mol. The van der Waals surface area contributed by atoms with E-state index in [2.05, 4.69) is 15.2 Å². The predicted octanol–water partition coefficient (Wildman–Crippen LogP) is 2.60. The number of hydrogen-bond acceptors (Lipinski definition) is 3. The molecule has 0 spiro atoms. The molecule has 2 heterocycles. The molecule has 1 aliphatic heterocycles. The molecule has 1 aromatic heterocycles. The molecule has 0 unspecified atom stereocenters. The monoisotopic (exact) mass is 359 g/mol. The number of carbonyl (C=O) groups excluding carboxylic acids is 1. The summed E-state index contributed by atoms with van der Waals surface area (Å²) in [6, 6.07) is 5.68. The second kappa shape index (κ2) is 6.81. The van der Waals surface area contributed by atoms with Gasteiger partial charge in [-0.15, -0.1) is 0 Å². The van der Waals surface area contributed by atoms with Crippen LogP contribution in [0.2, 0.25) is 5.02 Å². The van der Waals surface area contributed by atoms with Gasteiger partial charge in [0, 0.05) is 52.7 Å². The first kappa shape index (κ1) is 16.6. The van der Waals surface area contributed by atoms with Crippen molar-refractivity contribution in [1.82, 2.24) is 15.2 Å². The van der Waals surface area contributed by atoms with Crippen LogP contribution in [0, 0.1) is 0 Å². The maximum Gasteiger partial charge on any atom is 0.234 e. The molecule has 6 heteroatoms. The van der Waals surface area contributed by atoms with Crippen molar-refractivity contribution in [3.63, 3.8) is 0 Å². The van der Waals surface area contributed by atoms with Gasteiger partial charge in [-0.05, 0) is 31.0 Å². The summed E-state index contributed by atoms with van der Waals surface area (Å²) in [6.07, 6.45) is 5.32. The molecule has 1 aromatic carbocycles. The van der Waals surface area contributed by atoms with Crippen LogP contribution in [0.15, 0.2) is 23.0 Å². The fraction of sp³-hybridized carbons (Fsp3) is 0.474. The first-order valence-electron chi connectivity index (χ1n) is 8.95. The van der Waals surface area contributed by atoms with E-state index in [1.54, 1.807) is 12.1 Å². The highest BCUT2D eigenvalue weighted by Gasteiger charge is 2.24. The molecule has 2 aromatic rings. The molecule has 0 bridgehead atoms. The van der Waals surface area contributed by atoms with Gasteiger partial charge in [-0.25, -0.2) is 0 Å². The van der Waals surface area contributed by atoms with Gasteiger partial charge in [0.1, 0.15) is 0 Å². The SMILES string of the molecule is O=C(CN1CCc2[nH]c3ccc(Cl)cc3c(=O)c2C1)NC1CCCC1. The molecule has 0 radical (unpaired) electrons. The maximum atomic E-state index is 12.8. The fourth-order valence-electron chi connectivity index (χ4n) is 3.99. The Labute approximate surface area is 151 Å². The number of amides is 1. The molecule has 1 amide bonds. The van der Waals surface area contributed by atoms with Crippen molar-refractivity contribution in [2.75, 3.05) is 13.1 Å². The van der Waals surface area contributed by atoms with Gasteiger partial charge in [0.2, 0.25) is 5.91 Å². The maximum absolute atomic E-state index is 12.8. The van der Waals surface area contributed by atoms with Crippen LogP contribution in [0.5, 0.6) is 0 Å². The van der Waals surface area contributed by atoms with E-state index in [4.69, 9.17) is 11.6 Å². The van der Waals surface area contributed by atoms with Gasteiger partial charge in [-0.3, -0.25) is 14.5 Å². The van der Waals surface area contributed by atoms with Crippen molar-refractivity contribution < 1.29 is 4.79 Å². The smallest absolute Gasteiger partial charge is 0.234 e. The van der Waals surface area contributed by atoms with Crippen molar-refractivity contribution in [2.45, 2.75) is 44.7 Å². The van der Waals surface area contributed by atoms with Crippen LogP contribution in [0.3, 0.4) is 0 Å². The van der Waals surface area contributed by atoms with E-state index in [9.17, 15) is 9.59 Å². The molecule has 25 heavy (non-hydrogen) atoms. The molecule has 0 saturated heterocycles. The topological polar surface area (TPSA) is 65.2 Å². The molecule has 2 aliphatic rings. The third-order valence-corrected chi connectivity index (χ3v) is 5.53. The highest BCUT2D eigenvalue weighted by Crippen LogP contribution is 2.21. The van der Waals surface area contributed by atoms with E-state index >= 15 is 0 Å². The quantitative estimate of drug-likeness (QED) is 0.885. The lowest BCUT2D eigenvalue weighted by molar-refractivity contribution is -0.123. The second-order valence-corrected chi connectivity index (χ2v) is 7.55. The number of nitrogens with zero attached hydrogens (tertiary/aromatic N) is 1. The lowest BCUT2D eigenvalue weighted by atomic mass is 10.0. The van der Waals surface area contributed by atoms with E-state index in [1.165, 1.54) is 12.8 Å². The highest BCUT2D eigenvalue weighted by atomic mass is 35.5. The zero-order valence-electron chi connectivity index (χ0n) is 14.1. The number of fused-ring (bicyclic) bond motifs is 2. The average Bonchev–Trinajstić information content (AvgIpc) is 3.09. The van der Waals surface area contributed by atoms with Crippen LogP contribution < -0.4 is 10.7 Å². The van der Waals surface area contributed by atoms with Gasteiger partial charge in [0.25, 0.3) is 0 Å². The Morgan fingerprint density at radius 3 is 2.92 bits per heavy atom. The third-order valence-electron chi connectivity index (χ3n) is 5.30. The number of carbonyl (C=O) groups is 1. The van der Waals surface area contributed by atoms with Gasteiger partial charge in [-0.1, -0.05) is 24.4 Å². The van der Waals surface area contributed by atoms with Crippen LogP contribution >= 0.6 is 11.6 Å². The van der Waals surface area contributed by atoms with Gasteiger partial charge in [0.15, 0.2) is 5.43 Å². The van der Waals surface area contributed by atoms with Crippen LogP contribution in [-0.4, -0.2) is 34.9 Å². The Morgan fingerprint density at radius 1 is 1.32 bits per heavy atom. The molecule has 1 fully saturated rings. The average molecular weight is 360 g/mol. The number of benzene rings is 1. The van der Waals surface area contributed by atoms with Gasteiger partial charge in [0.05, 0.1) is 6.54 Å². The summed E-state index contributed by atoms with van der Waals surface area (Å²) in [6.45, 7) is 1.63. The minimum absolute atomic E-state index is 0.0205. The summed E-state index contributed by atoms with van der Waals surface area (Å²) >= 11 is 6.04. The van der Waals surface area contributed by atoms with Crippen LogP contribution in [0.1, 0.15) is 36.9 Å². The van der Waals surface area contributed by atoms with Crippen LogP contribution in [-0.2, 0) is 17.8 Å². The Hall–Kier alpha value is -1.85. The fourth-order valence-corrected chi connectivity index (χ4v) is 4.16. The lowest BCUT2D eigenvalue weighted by Gasteiger charge is -2.28. The summed E-state index contributed by atoms with van der Waals surface area (Å²) in [7, 11) is 0. The Kier molecular flexibility index (Phi) is 4.52. The van der Waals surface area contributed by atoms with Crippen molar-refractivity contribution >= 4 is 28.4 Å².